The summed E-state index contributed by atoms with van der Waals surface area (Å²) < 4.78 is 1.59. The average molecular weight is 283 g/mol. The van der Waals surface area contributed by atoms with Crippen molar-refractivity contribution in [2.24, 2.45) is 7.05 Å². The topological polar surface area (TPSA) is 46.9 Å². The van der Waals surface area contributed by atoms with Crippen molar-refractivity contribution < 1.29 is 4.79 Å². The smallest absolute Gasteiger partial charge is 0.270 e. The Kier molecular flexibility index (Phi) is 3.78. The summed E-state index contributed by atoms with van der Waals surface area (Å²) in [4.78, 5) is 12.2. The Hall–Kier alpha value is -2.10. The molecule has 0 bridgehead atoms. The van der Waals surface area contributed by atoms with Gasteiger partial charge in [-0.15, -0.1) is 0 Å². The molecule has 1 N–H and O–H groups in total. The Morgan fingerprint density at radius 1 is 1.24 bits per heavy atom. The lowest BCUT2D eigenvalue weighted by Crippen LogP contribution is -2.28. The Morgan fingerprint density at radius 2 is 2.00 bits per heavy atom. The molecule has 0 aliphatic heterocycles. The van der Waals surface area contributed by atoms with Crippen LogP contribution in [0.3, 0.4) is 0 Å². The molecule has 0 saturated carbocycles. The van der Waals surface area contributed by atoms with Gasteiger partial charge in [-0.1, -0.05) is 18.2 Å². The molecule has 1 heterocycles. The van der Waals surface area contributed by atoms with E-state index >= 15 is 0 Å². The molecule has 110 valence electrons. The van der Waals surface area contributed by atoms with Crippen molar-refractivity contribution in [2.75, 3.05) is 0 Å². The van der Waals surface area contributed by atoms with Gasteiger partial charge in [0.1, 0.15) is 5.69 Å². The molecule has 0 radical (unpaired) electrons. The molecule has 0 fully saturated rings. The summed E-state index contributed by atoms with van der Waals surface area (Å²) in [5, 5.41) is 7.08. The Morgan fingerprint density at radius 3 is 2.71 bits per heavy atom. The molecule has 0 unspecified atom stereocenters. The number of benzene rings is 1. The number of nitrogens with one attached hydrogen (secondary N) is 1. The summed E-state index contributed by atoms with van der Waals surface area (Å²) in [6, 6.07) is 8.34. The third-order valence-electron chi connectivity index (χ3n) is 4.27. The average Bonchev–Trinajstić information content (AvgIpc) is 2.93. The standard InChI is InChI=1S/C17H21N3O/c1-12(19-17(21)16-9-10-18-20(16)2)14-8-7-13-5-3-4-6-15(13)11-14/h7-12H,3-6H2,1-2H3,(H,19,21)/t12-/m1/s1. The van der Waals surface area contributed by atoms with Gasteiger partial charge in [-0.05, 0) is 55.4 Å². The number of aryl methyl sites for hydroxylation is 3. The summed E-state index contributed by atoms with van der Waals surface area (Å²) in [5.74, 6) is -0.0831. The molecule has 1 aromatic carbocycles. The predicted molar refractivity (Wildman–Crippen MR) is 82.2 cm³/mol. The zero-order chi connectivity index (χ0) is 14.8. The van der Waals surface area contributed by atoms with Crippen molar-refractivity contribution in [3.05, 3.63) is 52.8 Å². The van der Waals surface area contributed by atoms with Crippen LogP contribution in [0.25, 0.3) is 0 Å². The van der Waals surface area contributed by atoms with Crippen molar-refractivity contribution in [1.29, 1.82) is 0 Å². The lowest BCUT2D eigenvalue weighted by molar-refractivity contribution is 0.0930. The van der Waals surface area contributed by atoms with E-state index in [0.29, 0.717) is 5.69 Å². The molecule has 0 spiro atoms. The van der Waals surface area contributed by atoms with Crippen LogP contribution in [0.4, 0.5) is 0 Å². The highest BCUT2D eigenvalue weighted by Gasteiger charge is 2.16. The minimum absolute atomic E-state index is 0.000346. The second kappa shape index (κ2) is 5.72. The lowest BCUT2D eigenvalue weighted by Gasteiger charge is -2.20. The van der Waals surface area contributed by atoms with E-state index in [2.05, 4.69) is 28.6 Å². The van der Waals surface area contributed by atoms with Crippen LogP contribution in [-0.4, -0.2) is 15.7 Å². The number of amides is 1. The fourth-order valence-electron chi connectivity index (χ4n) is 2.97. The second-order valence-electron chi connectivity index (χ2n) is 5.77. The molecular formula is C17H21N3O. The van der Waals surface area contributed by atoms with E-state index < -0.39 is 0 Å². The number of nitrogens with zero attached hydrogens (tertiary/aromatic N) is 2. The largest absolute Gasteiger partial charge is 0.344 e. The zero-order valence-electron chi connectivity index (χ0n) is 12.6. The Bertz CT molecular complexity index is 660. The number of carbonyl (C=O) groups is 1. The first-order chi connectivity index (χ1) is 10.1. The summed E-state index contributed by atoms with van der Waals surface area (Å²) in [6.45, 7) is 2.03. The molecule has 3 rings (SSSR count). The normalized spacial score (nSPS) is 15.3. The molecule has 1 atom stereocenters. The second-order valence-corrected chi connectivity index (χ2v) is 5.77. The number of aromatic nitrogens is 2. The first-order valence-electron chi connectivity index (χ1n) is 7.55. The maximum atomic E-state index is 12.2. The highest BCUT2D eigenvalue weighted by Crippen LogP contribution is 2.24. The number of fused-ring (bicyclic) bond motifs is 1. The molecule has 2 aromatic rings. The van der Waals surface area contributed by atoms with Crippen LogP contribution in [0, 0.1) is 0 Å². The summed E-state index contributed by atoms with van der Waals surface area (Å²) >= 11 is 0. The molecule has 1 aliphatic carbocycles. The highest BCUT2D eigenvalue weighted by atomic mass is 16.2. The lowest BCUT2D eigenvalue weighted by atomic mass is 9.89. The van der Waals surface area contributed by atoms with Crippen molar-refractivity contribution in [1.82, 2.24) is 15.1 Å². The molecule has 4 nitrogen and oxygen atoms in total. The molecule has 0 saturated heterocycles. The van der Waals surface area contributed by atoms with Crippen molar-refractivity contribution in [3.8, 4) is 0 Å². The van der Waals surface area contributed by atoms with Gasteiger partial charge in [0.2, 0.25) is 0 Å². The summed E-state index contributed by atoms with van der Waals surface area (Å²) in [5.41, 5.74) is 4.67. The maximum Gasteiger partial charge on any atom is 0.270 e. The Labute approximate surface area is 125 Å². The molecule has 1 aromatic heterocycles. The van der Waals surface area contributed by atoms with E-state index in [1.54, 1.807) is 24.0 Å². The summed E-state index contributed by atoms with van der Waals surface area (Å²) in [7, 11) is 1.78. The van der Waals surface area contributed by atoms with E-state index in [1.165, 1.54) is 36.0 Å². The molecular weight excluding hydrogens is 262 g/mol. The van der Waals surface area contributed by atoms with Crippen LogP contribution in [-0.2, 0) is 19.9 Å². The van der Waals surface area contributed by atoms with Gasteiger partial charge in [0.15, 0.2) is 0 Å². The number of carbonyl (C=O) groups excluding carboxylic acids is 1. The van der Waals surface area contributed by atoms with Gasteiger partial charge in [0, 0.05) is 13.2 Å². The van der Waals surface area contributed by atoms with Crippen molar-refractivity contribution in [2.45, 2.75) is 38.6 Å². The van der Waals surface area contributed by atoms with Crippen LogP contribution in [0.1, 0.15) is 53.0 Å². The monoisotopic (exact) mass is 283 g/mol. The van der Waals surface area contributed by atoms with E-state index in [9.17, 15) is 4.79 Å². The van der Waals surface area contributed by atoms with Gasteiger partial charge in [-0.25, -0.2) is 0 Å². The van der Waals surface area contributed by atoms with Gasteiger partial charge < -0.3 is 5.32 Å². The minimum atomic E-state index is -0.0831. The SMILES string of the molecule is C[C@@H](NC(=O)c1ccnn1C)c1ccc2c(c1)CCCC2. The van der Waals surface area contributed by atoms with E-state index in [4.69, 9.17) is 0 Å². The highest BCUT2D eigenvalue weighted by molar-refractivity contribution is 5.92. The number of hydrogen-bond donors (Lipinski definition) is 1. The van der Waals surface area contributed by atoms with E-state index in [0.717, 1.165) is 6.42 Å². The quantitative estimate of drug-likeness (QED) is 0.941. The van der Waals surface area contributed by atoms with Crippen LogP contribution in [0.5, 0.6) is 0 Å². The van der Waals surface area contributed by atoms with E-state index in [-0.39, 0.29) is 11.9 Å². The maximum absolute atomic E-state index is 12.2. The molecule has 4 heteroatoms. The minimum Gasteiger partial charge on any atom is -0.344 e. The third-order valence-corrected chi connectivity index (χ3v) is 4.27. The van der Waals surface area contributed by atoms with Gasteiger partial charge in [-0.2, -0.15) is 5.10 Å². The molecule has 1 aliphatic rings. The summed E-state index contributed by atoms with van der Waals surface area (Å²) in [6.07, 6.45) is 6.54. The first kappa shape index (κ1) is 13.9. The van der Waals surface area contributed by atoms with Crippen molar-refractivity contribution >= 4 is 5.91 Å². The van der Waals surface area contributed by atoms with Gasteiger partial charge in [0.05, 0.1) is 6.04 Å². The van der Waals surface area contributed by atoms with Gasteiger partial charge in [0.25, 0.3) is 5.91 Å². The van der Waals surface area contributed by atoms with Gasteiger partial charge >= 0.3 is 0 Å². The zero-order valence-corrected chi connectivity index (χ0v) is 12.6. The third kappa shape index (κ3) is 2.84. The Balaban J connectivity index is 1.75. The molecule has 21 heavy (non-hydrogen) atoms. The first-order valence-corrected chi connectivity index (χ1v) is 7.55. The number of hydrogen-bond acceptors (Lipinski definition) is 2. The fourth-order valence-corrected chi connectivity index (χ4v) is 2.97. The predicted octanol–water partition coefficient (Wildman–Crippen LogP) is 2.79. The van der Waals surface area contributed by atoms with Crippen LogP contribution in [0.15, 0.2) is 30.5 Å². The fraction of sp³-hybridized carbons (Fsp3) is 0.412. The number of rotatable bonds is 3. The van der Waals surface area contributed by atoms with Crippen molar-refractivity contribution in [3.63, 3.8) is 0 Å². The van der Waals surface area contributed by atoms with E-state index in [1.807, 2.05) is 6.92 Å². The van der Waals surface area contributed by atoms with Gasteiger partial charge in [-0.3, -0.25) is 9.48 Å². The van der Waals surface area contributed by atoms with Crippen LogP contribution >= 0.6 is 0 Å². The molecule has 1 amide bonds. The van der Waals surface area contributed by atoms with Crippen LogP contribution in [0.2, 0.25) is 0 Å². The van der Waals surface area contributed by atoms with Crippen LogP contribution < -0.4 is 5.32 Å².